The number of aromatic nitrogens is 1. The molecule has 2 heterocycles. The summed E-state index contributed by atoms with van der Waals surface area (Å²) in [6, 6.07) is 22.3. The molecule has 7 heteroatoms. The Hall–Kier alpha value is -3.68. The number of hydrogen-bond acceptors (Lipinski definition) is 4. The molecule has 0 spiro atoms. The Balaban J connectivity index is 1.25. The number of nitrogens with zero attached hydrogens (tertiary/aromatic N) is 1. The Morgan fingerprint density at radius 3 is 2.63 bits per heavy atom. The lowest BCUT2D eigenvalue weighted by molar-refractivity contribution is -0.133. The minimum Gasteiger partial charge on any atom is -0.361 e. The highest BCUT2D eigenvalue weighted by molar-refractivity contribution is 5.89. The molecule has 38 heavy (non-hydrogen) atoms. The first-order valence-electron chi connectivity index (χ1n) is 13.7. The third-order valence-corrected chi connectivity index (χ3v) is 7.55. The highest BCUT2D eigenvalue weighted by Crippen LogP contribution is 2.22. The van der Waals surface area contributed by atoms with Crippen LogP contribution in [0.2, 0.25) is 0 Å². The molecule has 2 atom stereocenters. The van der Waals surface area contributed by atoms with E-state index in [9.17, 15) is 9.59 Å². The summed E-state index contributed by atoms with van der Waals surface area (Å²) >= 11 is 0. The summed E-state index contributed by atoms with van der Waals surface area (Å²) in [6.45, 7) is 2.33. The van der Waals surface area contributed by atoms with Crippen LogP contribution in [0.3, 0.4) is 0 Å². The molecule has 3 aromatic carbocycles. The van der Waals surface area contributed by atoms with E-state index in [2.05, 4.69) is 45.9 Å². The smallest absolute Gasteiger partial charge is 0.240 e. The highest BCUT2D eigenvalue weighted by atomic mass is 16.2. The molecule has 0 unspecified atom stereocenters. The number of nitrogens with one attached hydrogen (secondary N) is 3. The summed E-state index contributed by atoms with van der Waals surface area (Å²) in [4.78, 5) is 31.7. The molecule has 1 aliphatic heterocycles. The minimum absolute atomic E-state index is 0.0144. The number of benzene rings is 3. The topological polar surface area (TPSA) is 103 Å². The van der Waals surface area contributed by atoms with E-state index >= 15 is 0 Å². The molecule has 7 nitrogen and oxygen atoms in total. The van der Waals surface area contributed by atoms with Gasteiger partial charge in [-0.3, -0.25) is 9.59 Å². The molecule has 0 saturated carbocycles. The number of nitrogens with two attached hydrogens (primary N) is 1. The molecule has 5 rings (SSSR count). The van der Waals surface area contributed by atoms with Crippen molar-refractivity contribution < 1.29 is 9.59 Å². The molecule has 1 saturated heterocycles. The number of hydrogen-bond donors (Lipinski definition) is 4. The standard InChI is InChI=1S/C31H37N5O2/c32-16-6-5-14-29-31(38)36(21-23-10-7-9-22-8-1-2-11-26(22)23)17-15-25(35-29)20-34-30(37)18-24-19-33-28-13-4-3-12-27(24)28/h1-4,7-13,19,25,29,33,35H,5-6,14-18,20-21,32H2,(H,34,37)/t25-,29-/m0/s1. The summed E-state index contributed by atoms with van der Waals surface area (Å²) < 4.78 is 0. The zero-order valence-corrected chi connectivity index (χ0v) is 21.8. The fourth-order valence-electron chi connectivity index (χ4n) is 5.49. The molecular formula is C31H37N5O2. The van der Waals surface area contributed by atoms with Crippen LogP contribution >= 0.6 is 0 Å². The number of amides is 2. The maximum atomic E-state index is 13.6. The average Bonchev–Trinajstić information content (AvgIpc) is 3.28. The molecule has 1 fully saturated rings. The van der Waals surface area contributed by atoms with Gasteiger partial charge in [0.25, 0.3) is 0 Å². The van der Waals surface area contributed by atoms with Crippen molar-refractivity contribution in [3.8, 4) is 0 Å². The number of para-hydroxylation sites is 1. The SMILES string of the molecule is NCCCC[C@@H]1N[C@H](CNC(=O)Cc2c[nH]c3ccccc23)CCN(Cc2cccc3ccccc23)C1=O. The normalized spacial score (nSPS) is 18.1. The Bertz CT molecular complexity index is 1390. The molecule has 0 radical (unpaired) electrons. The maximum absolute atomic E-state index is 13.6. The van der Waals surface area contributed by atoms with Gasteiger partial charge in [-0.1, -0.05) is 67.1 Å². The lowest BCUT2D eigenvalue weighted by atomic mass is 10.0. The van der Waals surface area contributed by atoms with Crippen molar-refractivity contribution in [1.82, 2.24) is 20.5 Å². The first-order chi connectivity index (χ1) is 18.6. The zero-order valence-electron chi connectivity index (χ0n) is 21.8. The average molecular weight is 512 g/mol. The van der Waals surface area contributed by atoms with Gasteiger partial charge in [-0.25, -0.2) is 0 Å². The number of carbonyl (C=O) groups excluding carboxylic acids is 2. The van der Waals surface area contributed by atoms with Crippen LogP contribution in [0, 0.1) is 0 Å². The Morgan fingerprint density at radius 1 is 0.974 bits per heavy atom. The molecule has 198 valence electrons. The molecule has 0 bridgehead atoms. The van der Waals surface area contributed by atoms with Gasteiger partial charge in [-0.15, -0.1) is 0 Å². The Labute approximate surface area is 223 Å². The molecule has 5 N–H and O–H groups in total. The van der Waals surface area contributed by atoms with Crippen molar-refractivity contribution in [1.29, 1.82) is 0 Å². The van der Waals surface area contributed by atoms with Crippen molar-refractivity contribution in [2.75, 3.05) is 19.6 Å². The lowest BCUT2D eigenvalue weighted by Crippen LogP contribution is -2.48. The van der Waals surface area contributed by atoms with E-state index in [1.54, 1.807) is 0 Å². The Morgan fingerprint density at radius 2 is 1.76 bits per heavy atom. The molecule has 2 amide bonds. The van der Waals surface area contributed by atoms with Gasteiger partial charge in [0, 0.05) is 42.8 Å². The second-order valence-electron chi connectivity index (χ2n) is 10.2. The van der Waals surface area contributed by atoms with E-state index < -0.39 is 0 Å². The second-order valence-corrected chi connectivity index (χ2v) is 10.2. The van der Waals surface area contributed by atoms with Crippen LogP contribution in [-0.2, 0) is 22.6 Å². The van der Waals surface area contributed by atoms with Gasteiger partial charge in [-0.2, -0.15) is 0 Å². The van der Waals surface area contributed by atoms with Crippen LogP contribution in [0.5, 0.6) is 0 Å². The quantitative estimate of drug-likeness (QED) is 0.243. The molecule has 1 aliphatic rings. The van der Waals surface area contributed by atoms with Crippen molar-refractivity contribution in [2.24, 2.45) is 5.73 Å². The van der Waals surface area contributed by atoms with Crippen LogP contribution in [0.25, 0.3) is 21.7 Å². The predicted molar refractivity (Wildman–Crippen MR) is 153 cm³/mol. The number of carbonyl (C=O) groups is 2. The fraction of sp³-hybridized carbons (Fsp3) is 0.355. The van der Waals surface area contributed by atoms with Crippen molar-refractivity contribution in [2.45, 2.75) is 50.7 Å². The summed E-state index contributed by atoms with van der Waals surface area (Å²) in [7, 11) is 0. The third-order valence-electron chi connectivity index (χ3n) is 7.55. The number of aromatic amines is 1. The van der Waals surface area contributed by atoms with Crippen LogP contribution in [0.1, 0.15) is 36.8 Å². The molecule has 1 aromatic heterocycles. The van der Waals surface area contributed by atoms with Crippen LogP contribution in [-0.4, -0.2) is 53.4 Å². The van der Waals surface area contributed by atoms with Gasteiger partial charge in [0.05, 0.1) is 12.5 Å². The van der Waals surface area contributed by atoms with E-state index in [0.717, 1.165) is 47.7 Å². The number of H-pyrrole nitrogens is 1. The summed E-state index contributed by atoms with van der Waals surface area (Å²) in [5.41, 5.74) is 8.90. The second kappa shape index (κ2) is 12.2. The van der Waals surface area contributed by atoms with Crippen molar-refractivity contribution >= 4 is 33.5 Å². The maximum Gasteiger partial charge on any atom is 0.240 e. The molecular weight excluding hydrogens is 474 g/mol. The highest BCUT2D eigenvalue weighted by Gasteiger charge is 2.31. The van der Waals surface area contributed by atoms with E-state index in [-0.39, 0.29) is 23.9 Å². The monoisotopic (exact) mass is 511 g/mol. The third kappa shape index (κ3) is 6.06. The van der Waals surface area contributed by atoms with E-state index in [0.29, 0.717) is 32.6 Å². The van der Waals surface area contributed by atoms with Gasteiger partial charge in [0.15, 0.2) is 0 Å². The molecule has 4 aromatic rings. The first kappa shape index (κ1) is 25.9. The minimum atomic E-state index is -0.283. The predicted octanol–water partition coefficient (Wildman–Crippen LogP) is 3.87. The van der Waals surface area contributed by atoms with Crippen LogP contribution < -0.4 is 16.4 Å². The van der Waals surface area contributed by atoms with E-state index in [1.165, 1.54) is 10.8 Å². The van der Waals surface area contributed by atoms with Gasteiger partial charge >= 0.3 is 0 Å². The number of fused-ring (bicyclic) bond motifs is 2. The summed E-state index contributed by atoms with van der Waals surface area (Å²) in [5, 5.41) is 10.1. The van der Waals surface area contributed by atoms with E-state index in [4.69, 9.17) is 5.73 Å². The summed E-state index contributed by atoms with van der Waals surface area (Å²) in [5.74, 6) is 0.113. The van der Waals surface area contributed by atoms with Crippen LogP contribution in [0.4, 0.5) is 0 Å². The van der Waals surface area contributed by atoms with Gasteiger partial charge in [0.2, 0.25) is 11.8 Å². The molecule has 0 aliphatic carbocycles. The first-order valence-corrected chi connectivity index (χ1v) is 13.7. The van der Waals surface area contributed by atoms with Gasteiger partial charge < -0.3 is 26.3 Å². The summed E-state index contributed by atoms with van der Waals surface area (Å²) in [6.07, 6.45) is 5.52. The Kier molecular flexibility index (Phi) is 8.36. The van der Waals surface area contributed by atoms with Gasteiger partial charge in [-0.05, 0) is 53.8 Å². The van der Waals surface area contributed by atoms with E-state index in [1.807, 2.05) is 47.5 Å². The zero-order chi connectivity index (χ0) is 26.3. The van der Waals surface area contributed by atoms with Gasteiger partial charge in [0.1, 0.15) is 0 Å². The van der Waals surface area contributed by atoms with Crippen LogP contribution in [0.15, 0.2) is 72.9 Å². The lowest BCUT2D eigenvalue weighted by Gasteiger charge is -2.25. The fourth-order valence-corrected chi connectivity index (χ4v) is 5.49. The largest absolute Gasteiger partial charge is 0.361 e. The van der Waals surface area contributed by atoms with Crippen molar-refractivity contribution in [3.63, 3.8) is 0 Å². The van der Waals surface area contributed by atoms with Crippen molar-refractivity contribution in [3.05, 3.63) is 84.1 Å². The number of rotatable bonds is 10. The number of unbranched alkanes of at least 4 members (excludes halogenated alkanes) is 1.